The lowest BCUT2D eigenvalue weighted by molar-refractivity contribution is -0.119. The Kier molecular flexibility index (Phi) is 4.56. The minimum atomic E-state index is 0.208. The van der Waals surface area contributed by atoms with Crippen molar-refractivity contribution < 1.29 is 9.53 Å². The molecule has 1 amide bonds. The highest BCUT2D eigenvalue weighted by Crippen LogP contribution is 2.34. The highest BCUT2D eigenvalue weighted by Gasteiger charge is 2.27. The number of carbonyl (C=O) groups excluding carboxylic acids is 1. The van der Waals surface area contributed by atoms with E-state index in [0.717, 1.165) is 57.2 Å². The fourth-order valence-corrected chi connectivity index (χ4v) is 4.58. The Morgan fingerprint density at radius 1 is 1.04 bits per heavy atom. The van der Waals surface area contributed by atoms with Crippen LogP contribution >= 0.6 is 0 Å². The first-order chi connectivity index (χ1) is 13.2. The van der Waals surface area contributed by atoms with Gasteiger partial charge in [-0.05, 0) is 55.7 Å². The van der Waals surface area contributed by atoms with Crippen LogP contribution in [0.5, 0.6) is 5.75 Å². The van der Waals surface area contributed by atoms with Crippen LogP contribution in [0.15, 0.2) is 30.5 Å². The number of amides is 1. The molecule has 1 aliphatic carbocycles. The number of nitrogens with one attached hydrogen (secondary N) is 1. The second-order valence-corrected chi connectivity index (χ2v) is 8.59. The highest BCUT2D eigenvalue weighted by atomic mass is 16.5. The lowest BCUT2D eigenvalue weighted by Crippen LogP contribution is -2.41. The molecule has 0 radical (unpaired) electrons. The molecule has 0 spiro atoms. The topological polar surface area (TPSA) is 46.5 Å². The molecule has 3 heterocycles. The van der Waals surface area contributed by atoms with Gasteiger partial charge in [0.25, 0.3) is 0 Å². The lowest BCUT2D eigenvalue weighted by Gasteiger charge is -2.33. The second kappa shape index (κ2) is 7.19. The van der Waals surface area contributed by atoms with Gasteiger partial charge in [0.05, 0.1) is 5.52 Å². The Morgan fingerprint density at radius 2 is 1.89 bits per heavy atom. The quantitative estimate of drug-likeness (QED) is 0.854. The first-order valence-electron chi connectivity index (χ1n) is 10.5. The number of aromatic nitrogens is 1. The van der Waals surface area contributed by atoms with E-state index in [0.29, 0.717) is 18.4 Å². The van der Waals surface area contributed by atoms with Crippen molar-refractivity contribution in [2.75, 3.05) is 26.2 Å². The van der Waals surface area contributed by atoms with Crippen LogP contribution in [0.3, 0.4) is 0 Å². The van der Waals surface area contributed by atoms with Crippen LogP contribution in [0.1, 0.15) is 32.1 Å². The number of likely N-dealkylation sites (tertiary alicyclic amines) is 1. The summed E-state index contributed by atoms with van der Waals surface area (Å²) in [5, 5.41) is 4.19. The third-order valence-electron chi connectivity index (χ3n) is 6.33. The van der Waals surface area contributed by atoms with Crippen LogP contribution in [0.25, 0.3) is 10.9 Å². The third kappa shape index (κ3) is 3.84. The van der Waals surface area contributed by atoms with E-state index in [2.05, 4.69) is 45.2 Å². The zero-order valence-corrected chi connectivity index (χ0v) is 15.9. The van der Waals surface area contributed by atoms with Gasteiger partial charge in [0, 0.05) is 50.7 Å². The number of hydrogen-bond acceptors (Lipinski definition) is 3. The first-order valence-corrected chi connectivity index (χ1v) is 10.5. The van der Waals surface area contributed by atoms with Gasteiger partial charge >= 0.3 is 0 Å². The summed E-state index contributed by atoms with van der Waals surface area (Å²) in [5.41, 5.74) is 1.30. The van der Waals surface area contributed by atoms with Crippen molar-refractivity contribution in [1.29, 1.82) is 0 Å². The Bertz CT molecular complexity index is 818. The van der Waals surface area contributed by atoms with Gasteiger partial charge in [0.2, 0.25) is 5.91 Å². The first kappa shape index (κ1) is 17.1. The van der Waals surface area contributed by atoms with Crippen molar-refractivity contribution in [2.24, 2.45) is 11.8 Å². The summed E-state index contributed by atoms with van der Waals surface area (Å²) >= 11 is 0. The van der Waals surface area contributed by atoms with Gasteiger partial charge in [-0.2, -0.15) is 0 Å². The summed E-state index contributed by atoms with van der Waals surface area (Å²) in [5.74, 6) is 2.60. The van der Waals surface area contributed by atoms with E-state index in [4.69, 9.17) is 4.74 Å². The summed E-state index contributed by atoms with van der Waals surface area (Å²) in [6.07, 6.45) is 8.08. The fraction of sp³-hybridized carbons (Fsp3) is 0.591. The monoisotopic (exact) mass is 367 g/mol. The van der Waals surface area contributed by atoms with Crippen molar-refractivity contribution in [2.45, 2.75) is 44.8 Å². The number of fused-ring (bicyclic) bond motifs is 1. The third-order valence-corrected chi connectivity index (χ3v) is 6.33. The molecule has 3 fully saturated rings. The Labute approximate surface area is 160 Å². The zero-order valence-electron chi connectivity index (χ0n) is 15.9. The molecule has 5 rings (SSSR count). The standard InChI is InChI=1S/C22H29N3O2/c26-22-12-17(13-23-22)14-24-9-6-18(7-10-24)27-21-3-1-2-20-19(21)8-11-25(20)15-16-4-5-16/h1-3,8,11,16-18H,4-7,9-10,12-15H2,(H,23,26). The molecule has 3 aliphatic rings. The van der Waals surface area contributed by atoms with Gasteiger partial charge in [0.1, 0.15) is 11.9 Å². The molecule has 1 N–H and O–H groups in total. The minimum absolute atomic E-state index is 0.208. The van der Waals surface area contributed by atoms with E-state index in [9.17, 15) is 4.79 Å². The lowest BCUT2D eigenvalue weighted by atomic mass is 10.0. The molecule has 1 aromatic heterocycles. The number of ether oxygens (including phenoxy) is 1. The van der Waals surface area contributed by atoms with Crippen LogP contribution in [0.4, 0.5) is 0 Å². The maximum absolute atomic E-state index is 11.4. The van der Waals surface area contributed by atoms with Crippen molar-refractivity contribution in [3.63, 3.8) is 0 Å². The molecule has 0 bridgehead atoms. The van der Waals surface area contributed by atoms with E-state index in [1.54, 1.807) is 0 Å². The molecule has 1 unspecified atom stereocenters. The average molecular weight is 367 g/mol. The molecule has 144 valence electrons. The molecule has 2 saturated heterocycles. The van der Waals surface area contributed by atoms with Crippen molar-refractivity contribution in [1.82, 2.24) is 14.8 Å². The maximum atomic E-state index is 11.4. The summed E-state index contributed by atoms with van der Waals surface area (Å²) in [7, 11) is 0. The van der Waals surface area contributed by atoms with Gasteiger partial charge in [-0.1, -0.05) is 6.07 Å². The number of carbonyl (C=O) groups is 1. The number of nitrogens with zero attached hydrogens (tertiary/aromatic N) is 2. The molecule has 2 aliphatic heterocycles. The van der Waals surface area contributed by atoms with Crippen molar-refractivity contribution >= 4 is 16.8 Å². The van der Waals surface area contributed by atoms with Gasteiger partial charge in [-0.3, -0.25) is 4.79 Å². The van der Waals surface area contributed by atoms with Crippen LogP contribution in [0, 0.1) is 11.8 Å². The van der Waals surface area contributed by atoms with Gasteiger partial charge in [-0.15, -0.1) is 0 Å². The highest BCUT2D eigenvalue weighted by molar-refractivity contribution is 5.86. The van der Waals surface area contributed by atoms with E-state index >= 15 is 0 Å². The Balaban J connectivity index is 1.19. The second-order valence-electron chi connectivity index (χ2n) is 8.59. The molecule has 1 atom stereocenters. The largest absolute Gasteiger partial charge is 0.490 e. The number of benzene rings is 1. The SMILES string of the molecule is O=C1CC(CN2CCC(Oc3cccc4c3ccn4CC3CC3)CC2)CN1. The Hall–Kier alpha value is -2.01. The maximum Gasteiger partial charge on any atom is 0.220 e. The predicted octanol–water partition coefficient (Wildman–Crippen LogP) is 3.03. The van der Waals surface area contributed by atoms with Gasteiger partial charge in [0.15, 0.2) is 0 Å². The molecular formula is C22H29N3O2. The molecular weight excluding hydrogens is 338 g/mol. The van der Waals surface area contributed by atoms with Crippen LogP contribution < -0.4 is 10.1 Å². The van der Waals surface area contributed by atoms with Crippen LogP contribution in [-0.2, 0) is 11.3 Å². The van der Waals surface area contributed by atoms with E-state index in [1.807, 2.05) is 0 Å². The van der Waals surface area contributed by atoms with E-state index < -0.39 is 0 Å². The molecule has 5 heteroatoms. The molecule has 2 aromatic rings. The van der Waals surface area contributed by atoms with Gasteiger partial charge < -0.3 is 19.5 Å². The molecule has 5 nitrogen and oxygen atoms in total. The van der Waals surface area contributed by atoms with Crippen LogP contribution in [0.2, 0.25) is 0 Å². The van der Waals surface area contributed by atoms with E-state index in [-0.39, 0.29) is 5.91 Å². The molecule has 1 saturated carbocycles. The van der Waals surface area contributed by atoms with Crippen LogP contribution in [-0.4, -0.2) is 47.7 Å². The summed E-state index contributed by atoms with van der Waals surface area (Å²) < 4.78 is 8.82. The summed E-state index contributed by atoms with van der Waals surface area (Å²) in [4.78, 5) is 13.9. The van der Waals surface area contributed by atoms with Crippen molar-refractivity contribution in [3.8, 4) is 5.75 Å². The molecule has 27 heavy (non-hydrogen) atoms. The fourth-order valence-electron chi connectivity index (χ4n) is 4.58. The summed E-state index contributed by atoms with van der Waals surface area (Å²) in [6.45, 7) is 5.14. The predicted molar refractivity (Wildman–Crippen MR) is 106 cm³/mol. The smallest absolute Gasteiger partial charge is 0.220 e. The minimum Gasteiger partial charge on any atom is -0.490 e. The number of piperidine rings is 1. The number of rotatable bonds is 6. The normalized spacial score (nSPS) is 24.4. The number of hydrogen-bond donors (Lipinski definition) is 1. The summed E-state index contributed by atoms with van der Waals surface area (Å²) in [6, 6.07) is 8.67. The van der Waals surface area contributed by atoms with Crippen molar-refractivity contribution in [3.05, 3.63) is 30.5 Å². The zero-order chi connectivity index (χ0) is 18.2. The molecule has 1 aromatic carbocycles. The average Bonchev–Trinajstić information content (AvgIpc) is 3.26. The Morgan fingerprint density at radius 3 is 2.63 bits per heavy atom. The van der Waals surface area contributed by atoms with E-state index in [1.165, 1.54) is 23.7 Å². The van der Waals surface area contributed by atoms with Gasteiger partial charge in [-0.25, -0.2) is 0 Å².